The van der Waals surface area contributed by atoms with E-state index in [4.69, 9.17) is 0 Å². The molecule has 1 heterocycles. The van der Waals surface area contributed by atoms with Crippen molar-refractivity contribution in [1.29, 1.82) is 0 Å². The smallest absolute Gasteiger partial charge is 0.261 e. The molecule has 0 atom stereocenters. The summed E-state index contributed by atoms with van der Waals surface area (Å²) in [5.74, 6) is -0.304. The predicted octanol–water partition coefficient (Wildman–Crippen LogP) is 3.44. The van der Waals surface area contributed by atoms with Crippen LogP contribution >= 0.6 is 0 Å². The van der Waals surface area contributed by atoms with Gasteiger partial charge in [-0.15, -0.1) is 0 Å². The monoisotopic (exact) mass is 367 g/mol. The summed E-state index contributed by atoms with van der Waals surface area (Å²) in [6.07, 6.45) is 2.99. The Labute approximate surface area is 152 Å². The molecule has 0 aliphatic heterocycles. The van der Waals surface area contributed by atoms with E-state index in [1.807, 2.05) is 25.1 Å². The van der Waals surface area contributed by atoms with Crippen molar-refractivity contribution >= 4 is 27.3 Å². The molecule has 0 aliphatic carbocycles. The first-order valence-corrected chi connectivity index (χ1v) is 9.33. The minimum atomic E-state index is -3.73. The zero-order valence-electron chi connectivity index (χ0n) is 14.0. The van der Waals surface area contributed by atoms with Crippen LogP contribution in [0.1, 0.15) is 15.9 Å². The van der Waals surface area contributed by atoms with Crippen molar-refractivity contribution in [1.82, 2.24) is 4.98 Å². The average Bonchev–Trinajstić information content (AvgIpc) is 2.62. The molecule has 3 aromatic rings. The fourth-order valence-electron chi connectivity index (χ4n) is 2.35. The Morgan fingerprint density at radius 2 is 1.62 bits per heavy atom. The van der Waals surface area contributed by atoms with Crippen molar-refractivity contribution in [2.75, 3.05) is 10.0 Å². The molecule has 132 valence electrons. The number of carbonyl (C=O) groups excluding carboxylic acids is 1. The van der Waals surface area contributed by atoms with Crippen LogP contribution in [-0.2, 0) is 10.0 Å². The normalized spacial score (nSPS) is 11.0. The zero-order valence-corrected chi connectivity index (χ0v) is 14.8. The quantitative estimate of drug-likeness (QED) is 0.723. The molecule has 0 spiro atoms. The molecule has 6 nitrogen and oxygen atoms in total. The second-order valence-electron chi connectivity index (χ2n) is 5.69. The van der Waals surface area contributed by atoms with Crippen molar-refractivity contribution in [2.45, 2.75) is 11.8 Å². The van der Waals surface area contributed by atoms with Gasteiger partial charge in [0, 0.05) is 23.6 Å². The first-order chi connectivity index (χ1) is 12.4. The number of hydrogen-bond donors (Lipinski definition) is 2. The number of carbonyl (C=O) groups is 1. The summed E-state index contributed by atoms with van der Waals surface area (Å²) in [5, 5.41) is 2.79. The first-order valence-electron chi connectivity index (χ1n) is 7.85. The number of aryl methyl sites for hydroxylation is 1. The number of nitrogens with zero attached hydrogens (tertiary/aromatic N) is 1. The lowest BCUT2D eigenvalue weighted by molar-refractivity contribution is 0.102. The molecule has 26 heavy (non-hydrogen) atoms. The Morgan fingerprint density at radius 3 is 2.27 bits per heavy atom. The maximum Gasteiger partial charge on any atom is 0.261 e. The number of aromatic nitrogens is 1. The van der Waals surface area contributed by atoms with Gasteiger partial charge in [0.2, 0.25) is 0 Å². The van der Waals surface area contributed by atoms with Crippen molar-refractivity contribution in [2.24, 2.45) is 0 Å². The second-order valence-corrected chi connectivity index (χ2v) is 7.37. The summed E-state index contributed by atoms with van der Waals surface area (Å²) in [7, 11) is -3.73. The molecule has 0 fully saturated rings. The number of amides is 1. The van der Waals surface area contributed by atoms with Crippen molar-refractivity contribution in [3.05, 3.63) is 84.2 Å². The Bertz CT molecular complexity index is 1020. The predicted molar refractivity (Wildman–Crippen MR) is 101 cm³/mol. The molecule has 0 saturated carbocycles. The highest BCUT2D eigenvalue weighted by Gasteiger charge is 2.15. The topological polar surface area (TPSA) is 88.2 Å². The number of sulfonamides is 1. The molecule has 0 unspecified atom stereocenters. The van der Waals surface area contributed by atoms with Gasteiger partial charge in [-0.25, -0.2) is 8.42 Å². The van der Waals surface area contributed by atoms with Gasteiger partial charge in [-0.3, -0.25) is 14.5 Å². The van der Waals surface area contributed by atoms with Gasteiger partial charge in [-0.1, -0.05) is 12.1 Å². The minimum Gasteiger partial charge on any atom is -0.322 e. The van der Waals surface area contributed by atoms with Crippen LogP contribution in [0, 0.1) is 6.92 Å². The van der Waals surface area contributed by atoms with Crippen LogP contribution in [0.5, 0.6) is 0 Å². The lowest BCUT2D eigenvalue weighted by atomic mass is 10.2. The summed E-state index contributed by atoms with van der Waals surface area (Å²) >= 11 is 0. The zero-order chi connectivity index (χ0) is 18.6. The summed E-state index contributed by atoms with van der Waals surface area (Å²) in [6, 6.07) is 16.3. The standard InChI is InChI=1S/C19H17N3O3S/c1-14-3-2-4-17(13-14)21-19(23)15-5-7-18(8-6-15)26(24,25)22-16-9-11-20-12-10-16/h2-13H,1H3,(H,20,22)(H,21,23). The molecular formula is C19H17N3O3S. The molecular weight excluding hydrogens is 350 g/mol. The van der Waals surface area contributed by atoms with Gasteiger partial charge in [0.05, 0.1) is 10.6 Å². The van der Waals surface area contributed by atoms with Crippen LogP contribution in [0.2, 0.25) is 0 Å². The molecule has 2 aromatic carbocycles. The number of benzene rings is 2. The summed E-state index contributed by atoms with van der Waals surface area (Å²) in [6.45, 7) is 1.94. The molecule has 1 aromatic heterocycles. The van der Waals surface area contributed by atoms with Crippen LogP contribution in [0.4, 0.5) is 11.4 Å². The van der Waals surface area contributed by atoms with E-state index in [2.05, 4.69) is 15.0 Å². The van der Waals surface area contributed by atoms with Crippen molar-refractivity contribution < 1.29 is 13.2 Å². The van der Waals surface area contributed by atoms with Gasteiger partial charge in [-0.2, -0.15) is 0 Å². The van der Waals surface area contributed by atoms with Crippen LogP contribution in [0.3, 0.4) is 0 Å². The van der Waals surface area contributed by atoms with E-state index in [1.54, 1.807) is 18.2 Å². The SMILES string of the molecule is Cc1cccc(NC(=O)c2ccc(S(=O)(=O)Nc3ccncc3)cc2)c1. The molecule has 2 N–H and O–H groups in total. The maximum absolute atomic E-state index is 12.4. The van der Waals surface area contributed by atoms with Gasteiger partial charge in [-0.05, 0) is 61.0 Å². The van der Waals surface area contributed by atoms with Crippen LogP contribution in [0.15, 0.2) is 78.0 Å². The largest absolute Gasteiger partial charge is 0.322 e. The average molecular weight is 367 g/mol. The van der Waals surface area contributed by atoms with E-state index in [0.29, 0.717) is 16.9 Å². The lowest BCUT2D eigenvalue weighted by Crippen LogP contribution is -2.14. The van der Waals surface area contributed by atoms with Gasteiger partial charge in [0.15, 0.2) is 0 Å². The third-order valence-electron chi connectivity index (χ3n) is 3.64. The van der Waals surface area contributed by atoms with E-state index in [0.717, 1.165) is 5.56 Å². The summed E-state index contributed by atoms with van der Waals surface area (Å²) in [5.41, 5.74) is 2.51. The second kappa shape index (κ2) is 7.37. The number of nitrogens with one attached hydrogen (secondary N) is 2. The lowest BCUT2D eigenvalue weighted by Gasteiger charge is -2.09. The van der Waals surface area contributed by atoms with Crippen molar-refractivity contribution in [3.63, 3.8) is 0 Å². The molecule has 3 rings (SSSR count). The fourth-order valence-corrected chi connectivity index (χ4v) is 3.40. The van der Waals surface area contributed by atoms with Gasteiger partial charge in [0.25, 0.3) is 15.9 Å². The van der Waals surface area contributed by atoms with E-state index >= 15 is 0 Å². The van der Waals surface area contributed by atoms with E-state index in [9.17, 15) is 13.2 Å². The number of hydrogen-bond acceptors (Lipinski definition) is 4. The van der Waals surface area contributed by atoms with Crippen LogP contribution < -0.4 is 10.0 Å². The highest BCUT2D eigenvalue weighted by Crippen LogP contribution is 2.17. The van der Waals surface area contributed by atoms with Crippen LogP contribution in [0.25, 0.3) is 0 Å². The van der Waals surface area contributed by atoms with Gasteiger partial charge >= 0.3 is 0 Å². The highest BCUT2D eigenvalue weighted by molar-refractivity contribution is 7.92. The Morgan fingerprint density at radius 1 is 0.923 bits per heavy atom. The van der Waals surface area contributed by atoms with E-state index in [-0.39, 0.29) is 10.8 Å². The Hall–Kier alpha value is -3.19. The van der Waals surface area contributed by atoms with Gasteiger partial charge < -0.3 is 5.32 Å². The van der Waals surface area contributed by atoms with Crippen molar-refractivity contribution in [3.8, 4) is 0 Å². The molecule has 0 radical (unpaired) electrons. The summed E-state index contributed by atoms with van der Waals surface area (Å²) in [4.78, 5) is 16.2. The van der Waals surface area contributed by atoms with E-state index < -0.39 is 10.0 Å². The summed E-state index contributed by atoms with van der Waals surface area (Å²) < 4.78 is 27.2. The first kappa shape index (κ1) is 17.6. The number of anilines is 2. The molecule has 0 bridgehead atoms. The number of rotatable bonds is 5. The third-order valence-corrected chi connectivity index (χ3v) is 5.03. The Balaban J connectivity index is 1.74. The molecule has 0 saturated heterocycles. The number of pyridine rings is 1. The maximum atomic E-state index is 12.4. The molecule has 1 amide bonds. The van der Waals surface area contributed by atoms with Crippen LogP contribution in [-0.4, -0.2) is 19.3 Å². The van der Waals surface area contributed by atoms with Gasteiger partial charge in [0.1, 0.15) is 0 Å². The minimum absolute atomic E-state index is 0.0708. The fraction of sp³-hybridized carbons (Fsp3) is 0.0526. The molecule has 0 aliphatic rings. The molecule has 7 heteroatoms. The van der Waals surface area contributed by atoms with E-state index in [1.165, 1.54) is 36.7 Å². The highest BCUT2D eigenvalue weighted by atomic mass is 32.2. The third kappa shape index (κ3) is 4.25. The Kier molecular flexibility index (Phi) is 4.99.